The van der Waals surface area contributed by atoms with Crippen LogP contribution in [0.2, 0.25) is 5.02 Å². The van der Waals surface area contributed by atoms with E-state index < -0.39 is 6.10 Å². The molecule has 0 amide bonds. The van der Waals surface area contributed by atoms with E-state index in [9.17, 15) is 0 Å². The van der Waals surface area contributed by atoms with E-state index in [1.807, 2.05) is 18.2 Å². The monoisotopic (exact) mass is 181 g/mol. The molecule has 0 saturated carbocycles. The molecule has 1 rings (SSSR count). The summed E-state index contributed by atoms with van der Waals surface area (Å²) in [7, 11) is 1.48. The molecule has 0 aliphatic carbocycles. The van der Waals surface area contributed by atoms with Crippen LogP contribution in [0.15, 0.2) is 24.3 Å². The van der Waals surface area contributed by atoms with E-state index in [1.54, 1.807) is 12.1 Å². The van der Waals surface area contributed by atoms with Gasteiger partial charge in [-0.1, -0.05) is 29.8 Å². The fourth-order valence-electron chi connectivity index (χ4n) is 0.937. The topological polar surface area (TPSA) is 33.0 Å². The first kappa shape index (κ1) is 9.05. The highest BCUT2D eigenvalue weighted by atomic mass is 35.5. The molecular formula is C9H8ClNO. The molecule has 0 radical (unpaired) electrons. The highest BCUT2D eigenvalue weighted by Gasteiger charge is 2.11. The SMILES string of the molecule is CO[C@H](C#N)c1ccccc1Cl. The summed E-state index contributed by atoms with van der Waals surface area (Å²) in [6.07, 6.45) is -0.571. The average molecular weight is 182 g/mol. The van der Waals surface area contributed by atoms with Crippen LogP contribution >= 0.6 is 11.6 Å². The van der Waals surface area contributed by atoms with Crippen LogP contribution in [0.4, 0.5) is 0 Å². The van der Waals surface area contributed by atoms with Crippen molar-refractivity contribution in [2.24, 2.45) is 0 Å². The summed E-state index contributed by atoms with van der Waals surface area (Å²) >= 11 is 5.85. The van der Waals surface area contributed by atoms with Crippen molar-refractivity contribution in [1.29, 1.82) is 5.26 Å². The first-order valence-electron chi connectivity index (χ1n) is 3.46. The summed E-state index contributed by atoms with van der Waals surface area (Å²) in [5, 5.41) is 9.23. The molecular weight excluding hydrogens is 174 g/mol. The van der Waals surface area contributed by atoms with Crippen molar-refractivity contribution in [2.75, 3.05) is 7.11 Å². The fourth-order valence-corrected chi connectivity index (χ4v) is 1.17. The van der Waals surface area contributed by atoms with Crippen molar-refractivity contribution < 1.29 is 4.74 Å². The molecule has 0 spiro atoms. The number of nitriles is 1. The molecule has 1 atom stereocenters. The summed E-state index contributed by atoms with van der Waals surface area (Å²) in [5.74, 6) is 0. The van der Waals surface area contributed by atoms with Crippen LogP contribution in [0.5, 0.6) is 0 Å². The van der Waals surface area contributed by atoms with Gasteiger partial charge >= 0.3 is 0 Å². The minimum absolute atomic E-state index is 0.561. The number of hydrogen-bond donors (Lipinski definition) is 0. The van der Waals surface area contributed by atoms with Crippen molar-refractivity contribution in [3.05, 3.63) is 34.9 Å². The van der Waals surface area contributed by atoms with Crippen LogP contribution in [-0.2, 0) is 4.74 Å². The number of methoxy groups -OCH3 is 1. The quantitative estimate of drug-likeness (QED) is 0.703. The second kappa shape index (κ2) is 4.10. The molecule has 0 aromatic heterocycles. The number of rotatable bonds is 2. The summed E-state index contributed by atoms with van der Waals surface area (Å²) in [6, 6.07) is 9.16. The van der Waals surface area contributed by atoms with Crippen molar-refractivity contribution in [3.8, 4) is 6.07 Å². The molecule has 0 heterocycles. The van der Waals surface area contributed by atoms with Crippen LogP contribution in [0.3, 0.4) is 0 Å². The molecule has 0 saturated heterocycles. The molecule has 0 unspecified atom stereocenters. The van der Waals surface area contributed by atoms with Crippen molar-refractivity contribution in [1.82, 2.24) is 0 Å². The van der Waals surface area contributed by atoms with Gasteiger partial charge in [-0.15, -0.1) is 0 Å². The van der Waals surface area contributed by atoms with Crippen molar-refractivity contribution in [3.63, 3.8) is 0 Å². The van der Waals surface area contributed by atoms with Gasteiger partial charge in [-0.3, -0.25) is 0 Å². The predicted octanol–water partition coefficient (Wildman–Crippen LogP) is 2.55. The molecule has 2 nitrogen and oxygen atoms in total. The lowest BCUT2D eigenvalue weighted by molar-refractivity contribution is 0.148. The maximum absolute atomic E-state index is 8.67. The Labute approximate surface area is 76.3 Å². The largest absolute Gasteiger partial charge is 0.362 e. The number of hydrogen-bond acceptors (Lipinski definition) is 2. The Kier molecular flexibility index (Phi) is 3.09. The van der Waals surface area contributed by atoms with E-state index in [-0.39, 0.29) is 0 Å². The van der Waals surface area contributed by atoms with Gasteiger partial charge in [-0.25, -0.2) is 0 Å². The number of nitrogens with zero attached hydrogens (tertiary/aromatic N) is 1. The van der Waals surface area contributed by atoms with Crippen LogP contribution in [0, 0.1) is 11.3 Å². The smallest absolute Gasteiger partial charge is 0.170 e. The molecule has 3 heteroatoms. The van der Waals surface area contributed by atoms with Gasteiger partial charge in [0.1, 0.15) is 0 Å². The van der Waals surface area contributed by atoms with E-state index in [0.29, 0.717) is 10.6 Å². The Bertz CT molecular complexity index is 306. The van der Waals surface area contributed by atoms with E-state index >= 15 is 0 Å². The zero-order valence-corrected chi connectivity index (χ0v) is 7.38. The van der Waals surface area contributed by atoms with Gasteiger partial charge in [-0.2, -0.15) is 5.26 Å². The maximum atomic E-state index is 8.67. The molecule has 0 aliphatic heterocycles. The van der Waals surface area contributed by atoms with Crippen LogP contribution in [0.1, 0.15) is 11.7 Å². The lowest BCUT2D eigenvalue weighted by Crippen LogP contribution is -1.98. The molecule has 1 aromatic rings. The van der Waals surface area contributed by atoms with Gasteiger partial charge in [0.05, 0.1) is 6.07 Å². The van der Waals surface area contributed by atoms with Gasteiger partial charge in [-0.05, 0) is 6.07 Å². The molecule has 0 aliphatic rings. The zero-order chi connectivity index (χ0) is 8.97. The van der Waals surface area contributed by atoms with Gasteiger partial charge < -0.3 is 4.74 Å². The van der Waals surface area contributed by atoms with Crippen LogP contribution < -0.4 is 0 Å². The Balaban J connectivity index is 3.02. The second-order valence-corrected chi connectivity index (χ2v) is 2.67. The fraction of sp³-hybridized carbons (Fsp3) is 0.222. The highest BCUT2D eigenvalue weighted by Crippen LogP contribution is 2.23. The standard InChI is InChI=1S/C9H8ClNO/c1-12-9(6-11)7-4-2-3-5-8(7)10/h2-5,9H,1H3/t9-/m1/s1. The van der Waals surface area contributed by atoms with Crippen LogP contribution in [-0.4, -0.2) is 7.11 Å². The van der Waals surface area contributed by atoms with Crippen molar-refractivity contribution >= 4 is 11.6 Å². The lowest BCUT2D eigenvalue weighted by Gasteiger charge is -2.07. The minimum atomic E-state index is -0.571. The summed E-state index contributed by atoms with van der Waals surface area (Å²) in [5.41, 5.74) is 0.712. The van der Waals surface area contributed by atoms with E-state index in [2.05, 4.69) is 0 Å². The zero-order valence-electron chi connectivity index (χ0n) is 6.62. The summed E-state index contributed by atoms with van der Waals surface area (Å²) in [6.45, 7) is 0. The Morgan fingerprint density at radius 3 is 2.67 bits per heavy atom. The van der Waals surface area contributed by atoms with E-state index in [4.69, 9.17) is 21.6 Å². The highest BCUT2D eigenvalue weighted by molar-refractivity contribution is 6.31. The third-order valence-electron chi connectivity index (χ3n) is 1.54. The summed E-state index contributed by atoms with van der Waals surface area (Å²) in [4.78, 5) is 0. The molecule has 0 fully saturated rings. The number of ether oxygens (including phenoxy) is 1. The van der Waals surface area contributed by atoms with E-state index in [0.717, 1.165) is 0 Å². The first-order valence-corrected chi connectivity index (χ1v) is 3.84. The minimum Gasteiger partial charge on any atom is -0.362 e. The molecule has 0 bridgehead atoms. The molecule has 1 aromatic carbocycles. The molecule has 12 heavy (non-hydrogen) atoms. The Hall–Kier alpha value is -1.04. The second-order valence-electron chi connectivity index (χ2n) is 2.27. The lowest BCUT2D eigenvalue weighted by atomic mass is 10.1. The number of benzene rings is 1. The predicted molar refractivity (Wildman–Crippen MR) is 46.8 cm³/mol. The molecule has 62 valence electrons. The maximum Gasteiger partial charge on any atom is 0.170 e. The third kappa shape index (κ3) is 1.76. The van der Waals surface area contributed by atoms with Gasteiger partial charge in [0.15, 0.2) is 6.10 Å². The third-order valence-corrected chi connectivity index (χ3v) is 1.88. The van der Waals surface area contributed by atoms with Gasteiger partial charge in [0, 0.05) is 17.7 Å². The van der Waals surface area contributed by atoms with Crippen LogP contribution in [0.25, 0.3) is 0 Å². The summed E-state index contributed by atoms with van der Waals surface area (Å²) < 4.78 is 4.92. The molecule has 0 N–H and O–H groups in total. The Morgan fingerprint density at radius 2 is 2.17 bits per heavy atom. The van der Waals surface area contributed by atoms with Gasteiger partial charge in [0.2, 0.25) is 0 Å². The van der Waals surface area contributed by atoms with E-state index in [1.165, 1.54) is 7.11 Å². The average Bonchev–Trinajstić information content (AvgIpc) is 2.10. The first-order chi connectivity index (χ1) is 5.79. The van der Waals surface area contributed by atoms with Gasteiger partial charge in [0.25, 0.3) is 0 Å². The van der Waals surface area contributed by atoms with Crippen molar-refractivity contribution in [2.45, 2.75) is 6.10 Å². The number of halogens is 1. The normalized spacial score (nSPS) is 12.1. The Morgan fingerprint density at radius 1 is 1.50 bits per heavy atom.